The lowest BCUT2D eigenvalue weighted by atomic mass is 9.90. The number of aliphatic hydroxyl groups excluding tert-OH is 1. The summed E-state index contributed by atoms with van der Waals surface area (Å²) in [7, 11) is 0. The third-order valence-corrected chi connectivity index (χ3v) is 5.91. The molecule has 186 valence electrons. The van der Waals surface area contributed by atoms with Crippen LogP contribution in [0.25, 0.3) is 0 Å². The standard InChI is InChI=1S/C7H12O2.C7H10O2.C6H12O2.C3H4O2.CH4/c2*1-5(6(2)8)7-3-9-4-7;1-5(2-7)6-3-8-4-6;4-3-1-5-2-3;/h5,7H,3-4H2,1-2H3;3-4H2,1-2H3;5-7H,2-4H2,1H3;1-2H2;1H4. The molecule has 0 aromatic rings. The van der Waals surface area contributed by atoms with Crippen LogP contribution in [-0.4, -0.2) is 81.9 Å². The van der Waals surface area contributed by atoms with Crippen LogP contribution in [0.5, 0.6) is 0 Å². The summed E-state index contributed by atoms with van der Waals surface area (Å²) in [5.41, 5.74) is 2.03. The van der Waals surface area contributed by atoms with Gasteiger partial charge in [0.25, 0.3) is 0 Å². The molecule has 4 rings (SSSR count). The maximum absolute atomic E-state index is 10.7. The molecule has 0 aromatic heterocycles. The fourth-order valence-corrected chi connectivity index (χ4v) is 2.46. The molecule has 32 heavy (non-hydrogen) atoms. The second-order valence-electron chi connectivity index (χ2n) is 8.46. The molecule has 8 nitrogen and oxygen atoms in total. The van der Waals surface area contributed by atoms with Crippen molar-refractivity contribution in [1.29, 1.82) is 0 Å². The Bertz CT molecular complexity index is 605. The summed E-state index contributed by atoms with van der Waals surface area (Å²) in [5, 5.41) is 8.61. The van der Waals surface area contributed by atoms with E-state index in [9.17, 15) is 14.4 Å². The van der Waals surface area contributed by atoms with E-state index in [-0.39, 0.29) is 30.7 Å². The molecular weight excluding hydrogens is 416 g/mol. The maximum Gasteiger partial charge on any atom is 0.184 e. The van der Waals surface area contributed by atoms with Gasteiger partial charge < -0.3 is 24.1 Å². The van der Waals surface area contributed by atoms with Crippen molar-refractivity contribution >= 4 is 17.3 Å². The summed E-state index contributed by atoms with van der Waals surface area (Å²) in [6, 6.07) is 0. The van der Waals surface area contributed by atoms with Crippen LogP contribution < -0.4 is 0 Å². The maximum atomic E-state index is 10.7. The van der Waals surface area contributed by atoms with Gasteiger partial charge in [-0.15, -0.1) is 0 Å². The molecule has 4 heterocycles. The lowest BCUT2D eigenvalue weighted by Crippen LogP contribution is -2.35. The van der Waals surface area contributed by atoms with Gasteiger partial charge in [-0.25, -0.2) is 0 Å². The number of hydrogen-bond acceptors (Lipinski definition) is 8. The van der Waals surface area contributed by atoms with Gasteiger partial charge in [-0.1, -0.05) is 21.3 Å². The molecule has 1 N–H and O–H groups in total. The summed E-state index contributed by atoms with van der Waals surface area (Å²) in [4.78, 5) is 31.2. The van der Waals surface area contributed by atoms with Crippen LogP contribution in [0.4, 0.5) is 0 Å². The Hall–Kier alpha value is -1.45. The van der Waals surface area contributed by atoms with E-state index in [1.54, 1.807) is 13.8 Å². The van der Waals surface area contributed by atoms with Crippen LogP contribution in [-0.2, 0) is 33.3 Å². The number of aliphatic hydroxyl groups is 1. The SMILES string of the molecule is C.CC(=O)C(C)=C1COC1.CC(=O)C(C)C1COC1.CC(CO)C1COC1.O=C1COC1. The second-order valence-corrected chi connectivity index (χ2v) is 8.46. The van der Waals surface area contributed by atoms with Crippen molar-refractivity contribution < 1.29 is 38.4 Å². The summed E-state index contributed by atoms with van der Waals surface area (Å²) >= 11 is 0. The first kappa shape index (κ1) is 30.6. The van der Waals surface area contributed by atoms with Crippen molar-refractivity contribution in [1.82, 2.24) is 0 Å². The number of Topliss-reactive ketones (excluding diaryl/α,β-unsaturated/α-hetero) is 3. The molecule has 0 bridgehead atoms. The monoisotopic (exact) mass is 458 g/mol. The molecule has 4 fully saturated rings. The highest BCUT2D eigenvalue weighted by Crippen LogP contribution is 2.20. The third-order valence-electron chi connectivity index (χ3n) is 5.91. The normalized spacial score (nSPS) is 20.8. The van der Waals surface area contributed by atoms with Crippen LogP contribution in [0.1, 0.15) is 42.0 Å². The quantitative estimate of drug-likeness (QED) is 0.625. The Balaban J connectivity index is 0.000000403. The lowest BCUT2D eigenvalue weighted by molar-refractivity contribution is -0.140. The minimum atomic E-state index is 0. The summed E-state index contributed by atoms with van der Waals surface area (Å²) < 4.78 is 19.3. The predicted molar refractivity (Wildman–Crippen MR) is 121 cm³/mol. The van der Waals surface area contributed by atoms with Gasteiger partial charge in [-0.2, -0.15) is 0 Å². The first-order valence-electron chi connectivity index (χ1n) is 10.8. The minimum absolute atomic E-state index is 0. The van der Waals surface area contributed by atoms with Crippen molar-refractivity contribution in [2.75, 3.05) is 59.5 Å². The topological polar surface area (TPSA) is 108 Å². The van der Waals surface area contributed by atoms with E-state index < -0.39 is 0 Å². The molecule has 0 spiro atoms. The zero-order valence-corrected chi connectivity index (χ0v) is 19.5. The van der Waals surface area contributed by atoms with E-state index in [0.717, 1.165) is 37.6 Å². The van der Waals surface area contributed by atoms with Gasteiger partial charge in [0.2, 0.25) is 0 Å². The number of hydrogen-bond donors (Lipinski definition) is 1. The lowest BCUT2D eigenvalue weighted by Gasteiger charge is -2.30. The Morgan fingerprint density at radius 3 is 1.41 bits per heavy atom. The number of allylic oxidation sites excluding steroid dienone is 1. The highest BCUT2D eigenvalue weighted by atomic mass is 16.5. The van der Waals surface area contributed by atoms with Crippen LogP contribution in [0.15, 0.2) is 11.1 Å². The average molecular weight is 459 g/mol. The Kier molecular flexibility index (Phi) is 15.5. The molecule has 0 saturated carbocycles. The highest BCUT2D eigenvalue weighted by Gasteiger charge is 2.27. The number of ketones is 3. The first-order chi connectivity index (χ1) is 14.7. The third kappa shape index (κ3) is 10.9. The number of ether oxygens (including phenoxy) is 4. The summed E-state index contributed by atoms with van der Waals surface area (Å²) in [6.07, 6.45) is 0. The Morgan fingerprint density at radius 2 is 1.31 bits per heavy atom. The highest BCUT2D eigenvalue weighted by molar-refractivity contribution is 5.93. The van der Waals surface area contributed by atoms with Gasteiger partial charge in [-0.3, -0.25) is 14.4 Å². The zero-order valence-electron chi connectivity index (χ0n) is 19.5. The molecule has 4 saturated heterocycles. The zero-order chi connectivity index (χ0) is 23.4. The Labute approximate surface area is 192 Å². The molecule has 2 atom stereocenters. The van der Waals surface area contributed by atoms with Crippen LogP contribution >= 0.6 is 0 Å². The van der Waals surface area contributed by atoms with E-state index >= 15 is 0 Å². The molecule has 4 aliphatic heterocycles. The molecule has 2 unspecified atom stereocenters. The molecule has 0 aliphatic carbocycles. The number of rotatable bonds is 5. The summed E-state index contributed by atoms with van der Waals surface area (Å²) in [5.74, 6) is 2.42. The average Bonchev–Trinajstić information content (AvgIpc) is 2.56. The van der Waals surface area contributed by atoms with Crippen molar-refractivity contribution in [2.45, 2.75) is 42.0 Å². The number of carbonyl (C=O) groups is 3. The first-order valence-corrected chi connectivity index (χ1v) is 10.8. The van der Waals surface area contributed by atoms with Gasteiger partial charge in [0.05, 0.1) is 39.6 Å². The molecular formula is C24H42O8. The van der Waals surface area contributed by atoms with Crippen molar-refractivity contribution in [3.05, 3.63) is 11.1 Å². The van der Waals surface area contributed by atoms with Crippen LogP contribution in [0.2, 0.25) is 0 Å². The second kappa shape index (κ2) is 16.2. The smallest absolute Gasteiger partial charge is 0.184 e. The molecule has 0 radical (unpaired) electrons. The van der Waals surface area contributed by atoms with Crippen molar-refractivity contribution in [3.63, 3.8) is 0 Å². The molecule has 0 aromatic carbocycles. The van der Waals surface area contributed by atoms with Gasteiger partial charge >= 0.3 is 0 Å². The van der Waals surface area contributed by atoms with Gasteiger partial charge in [0.15, 0.2) is 11.6 Å². The van der Waals surface area contributed by atoms with E-state index in [4.69, 9.17) is 19.3 Å². The van der Waals surface area contributed by atoms with Gasteiger partial charge in [-0.05, 0) is 37.8 Å². The van der Waals surface area contributed by atoms with Crippen molar-refractivity contribution in [2.24, 2.45) is 23.7 Å². The van der Waals surface area contributed by atoms with Gasteiger partial charge in [0, 0.05) is 24.4 Å². The molecule has 0 amide bonds. The molecule has 8 heteroatoms. The van der Waals surface area contributed by atoms with E-state index in [0.29, 0.717) is 50.8 Å². The van der Waals surface area contributed by atoms with Crippen molar-refractivity contribution in [3.8, 4) is 0 Å². The van der Waals surface area contributed by atoms with Gasteiger partial charge in [0.1, 0.15) is 19.0 Å². The predicted octanol–water partition coefficient (Wildman–Crippen LogP) is 2.26. The van der Waals surface area contributed by atoms with Crippen LogP contribution in [0.3, 0.4) is 0 Å². The van der Waals surface area contributed by atoms with E-state index in [1.807, 2.05) is 20.8 Å². The minimum Gasteiger partial charge on any atom is -0.396 e. The largest absolute Gasteiger partial charge is 0.396 e. The summed E-state index contributed by atoms with van der Waals surface area (Å²) in [6.45, 7) is 14.7. The van der Waals surface area contributed by atoms with E-state index in [1.165, 1.54) is 0 Å². The van der Waals surface area contributed by atoms with Crippen LogP contribution in [0, 0.1) is 23.7 Å². The number of carbonyl (C=O) groups excluding carboxylic acids is 3. The molecule has 4 aliphatic rings. The fourth-order valence-electron chi connectivity index (χ4n) is 2.46. The van der Waals surface area contributed by atoms with E-state index in [2.05, 4.69) is 4.74 Å². The Morgan fingerprint density at radius 1 is 0.875 bits per heavy atom. The fraction of sp³-hybridized carbons (Fsp3) is 0.792.